The summed E-state index contributed by atoms with van der Waals surface area (Å²) in [6.07, 6.45) is 0.412. The molecule has 78 valence electrons. The van der Waals surface area contributed by atoms with Crippen molar-refractivity contribution in [3.8, 4) is 0 Å². The second kappa shape index (κ2) is 5.50. The van der Waals surface area contributed by atoms with Crippen LogP contribution >= 0.6 is 0 Å². The molecule has 0 aromatic carbocycles. The minimum Gasteiger partial charge on any atom is -0.386 e. The van der Waals surface area contributed by atoms with Gasteiger partial charge >= 0.3 is 0 Å². The molecule has 1 aliphatic heterocycles. The average molecular weight is 193 g/mol. The molecule has 0 aromatic rings. The van der Waals surface area contributed by atoms with Gasteiger partial charge in [0.25, 0.3) is 6.43 Å². The molecule has 1 N–H and O–H groups in total. The van der Waals surface area contributed by atoms with Crippen LogP contribution < -0.4 is 0 Å². The van der Waals surface area contributed by atoms with E-state index in [-0.39, 0.29) is 6.54 Å². The van der Waals surface area contributed by atoms with Gasteiger partial charge in [0.05, 0.1) is 0 Å². The Hall–Kier alpha value is -0.220. The van der Waals surface area contributed by atoms with E-state index in [0.717, 1.165) is 25.9 Å². The van der Waals surface area contributed by atoms with Crippen molar-refractivity contribution in [1.82, 2.24) is 4.90 Å². The fourth-order valence-corrected chi connectivity index (χ4v) is 1.66. The third-order valence-electron chi connectivity index (χ3n) is 2.43. The molecule has 0 radical (unpaired) electrons. The highest BCUT2D eigenvalue weighted by molar-refractivity contribution is 4.68. The maximum Gasteiger partial charge on any atom is 0.265 e. The van der Waals surface area contributed by atoms with E-state index in [4.69, 9.17) is 5.11 Å². The smallest absolute Gasteiger partial charge is 0.265 e. The predicted octanol–water partition coefficient (Wildman–Crippen LogP) is 1.49. The maximum absolute atomic E-state index is 12.0. The summed E-state index contributed by atoms with van der Waals surface area (Å²) in [6.45, 7) is 1.82. The van der Waals surface area contributed by atoms with Gasteiger partial charge < -0.3 is 10.0 Å². The first-order chi connectivity index (χ1) is 6.20. The number of aliphatic hydroxyl groups is 1. The van der Waals surface area contributed by atoms with Crippen LogP contribution in [0.4, 0.5) is 8.78 Å². The van der Waals surface area contributed by atoms with Crippen molar-refractivity contribution in [3.05, 3.63) is 0 Å². The van der Waals surface area contributed by atoms with Crippen molar-refractivity contribution in [2.24, 2.45) is 0 Å². The lowest BCUT2D eigenvalue weighted by Crippen LogP contribution is -2.36. The first kappa shape index (κ1) is 10.9. The van der Waals surface area contributed by atoms with Crippen molar-refractivity contribution in [2.45, 2.75) is 38.2 Å². The van der Waals surface area contributed by atoms with Gasteiger partial charge in [0.1, 0.15) is 6.10 Å². The van der Waals surface area contributed by atoms with E-state index in [1.165, 1.54) is 12.8 Å². The average Bonchev–Trinajstić information content (AvgIpc) is 2.32. The molecule has 1 heterocycles. The van der Waals surface area contributed by atoms with Crippen LogP contribution in [0.3, 0.4) is 0 Å². The van der Waals surface area contributed by atoms with E-state index in [9.17, 15) is 8.78 Å². The summed E-state index contributed by atoms with van der Waals surface area (Å²) < 4.78 is 24.0. The number of likely N-dealkylation sites (tertiary alicyclic amines) is 1. The molecule has 1 rings (SSSR count). The number of nitrogens with zero attached hydrogens (tertiary/aromatic N) is 1. The summed E-state index contributed by atoms with van der Waals surface area (Å²) in [4.78, 5) is 1.93. The normalized spacial score (nSPS) is 23.1. The quantitative estimate of drug-likeness (QED) is 0.734. The number of alkyl halides is 2. The summed E-state index contributed by atoms with van der Waals surface area (Å²) in [7, 11) is 0. The second-order valence-corrected chi connectivity index (χ2v) is 3.62. The lowest BCUT2D eigenvalue weighted by Gasteiger charge is -2.22. The Bertz CT molecular complexity index is 136. The highest BCUT2D eigenvalue weighted by Crippen LogP contribution is 2.11. The van der Waals surface area contributed by atoms with Crippen LogP contribution in [0, 0.1) is 0 Å². The topological polar surface area (TPSA) is 23.5 Å². The van der Waals surface area contributed by atoms with Crippen LogP contribution in [0.2, 0.25) is 0 Å². The van der Waals surface area contributed by atoms with Gasteiger partial charge in [-0.05, 0) is 25.9 Å². The van der Waals surface area contributed by atoms with Gasteiger partial charge in [-0.25, -0.2) is 8.78 Å². The largest absolute Gasteiger partial charge is 0.386 e. The minimum absolute atomic E-state index is 0.123. The number of rotatable bonds is 3. The summed E-state index contributed by atoms with van der Waals surface area (Å²) in [5.74, 6) is 0. The molecule has 0 saturated carbocycles. The zero-order valence-corrected chi connectivity index (χ0v) is 7.75. The third kappa shape index (κ3) is 4.00. The molecule has 1 unspecified atom stereocenters. The Kier molecular flexibility index (Phi) is 4.59. The van der Waals surface area contributed by atoms with Gasteiger partial charge in [-0.2, -0.15) is 0 Å². The van der Waals surface area contributed by atoms with Gasteiger partial charge in [-0.3, -0.25) is 0 Å². The van der Waals surface area contributed by atoms with Gasteiger partial charge in [-0.15, -0.1) is 0 Å². The van der Waals surface area contributed by atoms with Crippen molar-refractivity contribution >= 4 is 0 Å². The SMILES string of the molecule is OC(CN1CCCCCC1)C(F)F. The van der Waals surface area contributed by atoms with Gasteiger partial charge in [-0.1, -0.05) is 12.8 Å². The van der Waals surface area contributed by atoms with Crippen LogP contribution in [0.5, 0.6) is 0 Å². The molecule has 1 fully saturated rings. The molecule has 4 heteroatoms. The zero-order valence-electron chi connectivity index (χ0n) is 7.75. The first-order valence-electron chi connectivity index (χ1n) is 4.88. The predicted molar refractivity (Wildman–Crippen MR) is 46.9 cm³/mol. The lowest BCUT2D eigenvalue weighted by atomic mass is 10.2. The molecule has 2 nitrogen and oxygen atoms in total. The summed E-state index contributed by atoms with van der Waals surface area (Å²) >= 11 is 0. The lowest BCUT2D eigenvalue weighted by molar-refractivity contribution is -0.0228. The Morgan fingerprint density at radius 3 is 2.08 bits per heavy atom. The van der Waals surface area contributed by atoms with Crippen molar-refractivity contribution in [1.29, 1.82) is 0 Å². The summed E-state index contributed by atoms with van der Waals surface area (Å²) in [5.41, 5.74) is 0. The number of β-amino-alcohol motifs (C(OH)–C–C–N with tert-alkyl or cyclic N) is 1. The van der Waals surface area contributed by atoms with E-state index in [0.29, 0.717) is 0 Å². The minimum atomic E-state index is -2.61. The molecule has 0 aromatic heterocycles. The Morgan fingerprint density at radius 2 is 1.62 bits per heavy atom. The Morgan fingerprint density at radius 1 is 1.08 bits per heavy atom. The molecule has 0 amide bonds. The number of hydrogen-bond acceptors (Lipinski definition) is 2. The van der Waals surface area contributed by atoms with E-state index >= 15 is 0 Å². The van der Waals surface area contributed by atoms with Gasteiger partial charge in [0, 0.05) is 6.54 Å². The van der Waals surface area contributed by atoms with Crippen molar-refractivity contribution < 1.29 is 13.9 Å². The first-order valence-corrected chi connectivity index (χ1v) is 4.88. The second-order valence-electron chi connectivity index (χ2n) is 3.62. The fraction of sp³-hybridized carbons (Fsp3) is 1.00. The standard InChI is InChI=1S/C9H17F2NO/c10-9(11)8(13)7-12-5-3-1-2-4-6-12/h8-9,13H,1-7H2. The van der Waals surface area contributed by atoms with E-state index in [2.05, 4.69) is 0 Å². The van der Waals surface area contributed by atoms with E-state index in [1.54, 1.807) is 0 Å². The Labute approximate surface area is 77.5 Å². The molecular weight excluding hydrogens is 176 g/mol. The maximum atomic E-state index is 12.0. The molecule has 1 saturated heterocycles. The number of hydrogen-bond donors (Lipinski definition) is 1. The monoisotopic (exact) mass is 193 g/mol. The Balaban J connectivity index is 2.25. The molecule has 13 heavy (non-hydrogen) atoms. The molecule has 1 aliphatic rings. The molecule has 0 bridgehead atoms. The van der Waals surface area contributed by atoms with Crippen LogP contribution in [0.15, 0.2) is 0 Å². The number of halogens is 2. The van der Waals surface area contributed by atoms with Crippen molar-refractivity contribution in [2.75, 3.05) is 19.6 Å². The molecule has 0 aliphatic carbocycles. The van der Waals surface area contributed by atoms with E-state index in [1.807, 2.05) is 4.90 Å². The van der Waals surface area contributed by atoms with Gasteiger partial charge in [0.15, 0.2) is 0 Å². The van der Waals surface area contributed by atoms with E-state index < -0.39 is 12.5 Å². The van der Waals surface area contributed by atoms with Crippen molar-refractivity contribution in [3.63, 3.8) is 0 Å². The van der Waals surface area contributed by atoms with Crippen LogP contribution in [0.1, 0.15) is 25.7 Å². The van der Waals surface area contributed by atoms with Crippen LogP contribution in [-0.4, -0.2) is 42.2 Å². The summed E-state index contributed by atoms with van der Waals surface area (Å²) in [5, 5.41) is 8.98. The molecule has 0 spiro atoms. The number of aliphatic hydroxyl groups excluding tert-OH is 1. The fourth-order valence-electron chi connectivity index (χ4n) is 1.66. The van der Waals surface area contributed by atoms with Gasteiger partial charge in [0.2, 0.25) is 0 Å². The highest BCUT2D eigenvalue weighted by atomic mass is 19.3. The summed E-state index contributed by atoms with van der Waals surface area (Å²) in [6, 6.07) is 0. The van der Waals surface area contributed by atoms with Crippen LogP contribution in [-0.2, 0) is 0 Å². The zero-order chi connectivity index (χ0) is 9.68. The highest BCUT2D eigenvalue weighted by Gasteiger charge is 2.20. The van der Waals surface area contributed by atoms with Crippen LogP contribution in [0.25, 0.3) is 0 Å². The molecule has 1 atom stereocenters. The molecular formula is C9H17F2NO. The third-order valence-corrected chi connectivity index (χ3v) is 2.43.